The van der Waals surface area contributed by atoms with Gasteiger partial charge in [0.15, 0.2) is 0 Å². The zero-order chi connectivity index (χ0) is 20.4. The summed E-state index contributed by atoms with van der Waals surface area (Å²) in [6, 6.07) is 2.38. The van der Waals surface area contributed by atoms with Crippen LogP contribution in [-0.2, 0) is 17.6 Å². The maximum atomic E-state index is 13.6. The monoisotopic (exact) mass is 421 g/mol. The van der Waals surface area contributed by atoms with Crippen molar-refractivity contribution in [3.05, 3.63) is 23.0 Å². The number of anilines is 1. The fourth-order valence-electron chi connectivity index (χ4n) is 2.56. The highest BCUT2D eigenvalue weighted by Crippen LogP contribution is 2.40. The lowest BCUT2D eigenvalue weighted by Crippen LogP contribution is -2.22. The van der Waals surface area contributed by atoms with E-state index in [4.69, 9.17) is 16.3 Å². The van der Waals surface area contributed by atoms with Gasteiger partial charge in [0.05, 0.1) is 10.9 Å². The number of hydrogen-bond donors (Lipinski definition) is 1. The van der Waals surface area contributed by atoms with Crippen molar-refractivity contribution in [3.8, 4) is 0 Å². The first-order valence-electron chi connectivity index (χ1n) is 8.96. The minimum Gasteiger partial charge on any atom is -0.384 e. The number of fused-ring (bicyclic) bond motifs is 1. The number of aromatic nitrogens is 2. The predicted molar refractivity (Wildman–Crippen MR) is 107 cm³/mol. The summed E-state index contributed by atoms with van der Waals surface area (Å²) in [7, 11) is -1.27. The van der Waals surface area contributed by atoms with E-state index in [1.807, 2.05) is 13.8 Å². The van der Waals surface area contributed by atoms with Crippen molar-refractivity contribution >= 4 is 36.4 Å². The van der Waals surface area contributed by atoms with Gasteiger partial charge in [-0.25, -0.2) is 4.98 Å². The zero-order valence-electron chi connectivity index (χ0n) is 16.4. The smallest absolute Gasteiger partial charge is 0.384 e. The summed E-state index contributed by atoms with van der Waals surface area (Å²) >= 11 is 6.07. The third-order valence-corrected chi connectivity index (χ3v) is 5.93. The van der Waals surface area contributed by atoms with E-state index in [2.05, 4.69) is 29.9 Å². The SMILES string of the molecule is CC(C)CNc1cc(Cl)nc2c1c(C(F)(F)F)cn2COCC[Si](C)(C)C. The van der Waals surface area contributed by atoms with Crippen molar-refractivity contribution in [2.45, 2.75) is 52.4 Å². The molecule has 1 N–H and O–H groups in total. The highest BCUT2D eigenvalue weighted by Gasteiger charge is 2.36. The maximum absolute atomic E-state index is 13.6. The Morgan fingerprint density at radius 1 is 1.30 bits per heavy atom. The lowest BCUT2D eigenvalue weighted by Gasteiger charge is -2.16. The first kappa shape index (κ1) is 22.0. The molecule has 2 aromatic rings. The molecule has 27 heavy (non-hydrogen) atoms. The van der Waals surface area contributed by atoms with Gasteiger partial charge in [0.25, 0.3) is 0 Å². The van der Waals surface area contributed by atoms with E-state index in [0.717, 1.165) is 12.2 Å². The van der Waals surface area contributed by atoms with Gasteiger partial charge in [-0.05, 0) is 18.0 Å². The molecular weight excluding hydrogens is 395 g/mol. The molecule has 2 heterocycles. The van der Waals surface area contributed by atoms with Crippen LogP contribution in [0.15, 0.2) is 12.3 Å². The number of pyridine rings is 1. The van der Waals surface area contributed by atoms with Crippen LogP contribution in [0.25, 0.3) is 11.0 Å². The molecule has 0 unspecified atom stereocenters. The van der Waals surface area contributed by atoms with E-state index < -0.39 is 19.8 Å². The van der Waals surface area contributed by atoms with E-state index >= 15 is 0 Å². The molecule has 0 radical (unpaired) electrons. The molecule has 152 valence electrons. The molecule has 0 aromatic carbocycles. The summed E-state index contributed by atoms with van der Waals surface area (Å²) in [5.74, 6) is 0.272. The van der Waals surface area contributed by atoms with Crippen LogP contribution in [-0.4, -0.2) is 30.8 Å². The van der Waals surface area contributed by atoms with Crippen molar-refractivity contribution < 1.29 is 17.9 Å². The fourth-order valence-corrected chi connectivity index (χ4v) is 3.51. The van der Waals surface area contributed by atoms with E-state index in [-0.39, 0.29) is 28.8 Å². The van der Waals surface area contributed by atoms with Crippen LogP contribution in [0.2, 0.25) is 30.8 Å². The second kappa shape index (κ2) is 8.41. The normalized spacial score (nSPS) is 13.0. The molecule has 0 aliphatic heterocycles. The molecular formula is C18H27ClF3N3OSi. The van der Waals surface area contributed by atoms with Crippen LogP contribution in [0.4, 0.5) is 18.9 Å². The first-order valence-corrected chi connectivity index (χ1v) is 13.0. The van der Waals surface area contributed by atoms with Gasteiger partial charge < -0.3 is 14.6 Å². The number of alkyl halides is 3. The average molecular weight is 422 g/mol. The highest BCUT2D eigenvalue weighted by molar-refractivity contribution is 6.76. The molecule has 0 spiro atoms. The Morgan fingerprint density at radius 3 is 2.52 bits per heavy atom. The average Bonchev–Trinajstić information content (AvgIpc) is 2.87. The molecule has 0 amide bonds. The number of hydrogen-bond acceptors (Lipinski definition) is 3. The minimum absolute atomic E-state index is 0.00796. The van der Waals surface area contributed by atoms with Gasteiger partial charge in [-0.1, -0.05) is 45.1 Å². The first-order chi connectivity index (χ1) is 12.4. The van der Waals surface area contributed by atoms with Crippen LogP contribution in [0.5, 0.6) is 0 Å². The van der Waals surface area contributed by atoms with E-state index in [0.29, 0.717) is 18.8 Å². The van der Waals surface area contributed by atoms with Gasteiger partial charge in [-0.2, -0.15) is 13.2 Å². The van der Waals surface area contributed by atoms with Crippen molar-refractivity contribution in [1.82, 2.24) is 9.55 Å². The summed E-state index contributed by atoms with van der Waals surface area (Å²) in [4.78, 5) is 4.14. The topological polar surface area (TPSA) is 39.1 Å². The third kappa shape index (κ3) is 6.12. The van der Waals surface area contributed by atoms with Gasteiger partial charge >= 0.3 is 6.18 Å². The molecule has 0 fully saturated rings. The number of ether oxygens (including phenoxy) is 1. The second-order valence-corrected chi connectivity index (χ2v) is 14.3. The summed E-state index contributed by atoms with van der Waals surface area (Å²) in [6.45, 7) is 11.7. The largest absolute Gasteiger partial charge is 0.418 e. The van der Waals surface area contributed by atoms with Crippen LogP contribution >= 0.6 is 11.6 Å². The van der Waals surface area contributed by atoms with Crippen molar-refractivity contribution in [1.29, 1.82) is 0 Å². The second-order valence-electron chi connectivity index (χ2n) is 8.32. The zero-order valence-corrected chi connectivity index (χ0v) is 18.1. The van der Waals surface area contributed by atoms with Crippen LogP contribution < -0.4 is 5.32 Å². The number of rotatable bonds is 8. The standard InChI is InChI=1S/C18H27ClF3N3OSi/c1-12(2)9-23-14-8-15(19)24-17-16(14)13(18(20,21)22)10-25(17)11-26-6-7-27(3,4)5/h8,10,12H,6-7,9,11H2,1-5H3,(H,23,24). The molecule has 0 saturated carbocycles. The molecule has 0 aliphatic rings. The summed E-state index contributed by atoms with van der Waals surface area (Å²) in [5.41, 5.74) is -0.220. The van der Waals surface area contributed by atoms with Crippen LogP contribution in [0, 0.1) is 5.92 Å². The highest BCUT2D eigenvalue weighted by atomic mass is 35.5. The van der Waals surface area contributed by atoms with Crippen molar-refractivity contribution in [2.24, 2.45) is 5.92 Å². The van der Waals surface area contributed by atoms with Gasteiger partial charge in [0, 0.05) is 33.1 Å². The Kier molecular flexibility index (Phi) is 6.86. The quantitative estimate of drug-likeness (QED) is 0.318. The van der Waals surface area contributed by atoms with Gasteiger partial charge in [0.1, 0.15) is 17.5 Å². The van der Waals surface area contributed by atoms with Gasteiger partial charge in [-0.15, -0.1) is 0 Å². The minimum atomic E-state index is -4.49. The molecule has 0 atom stereocenters. The van der Waals surface area contributed by atoms with Crippen LogP contribution in [0.3, 0.4) is 0 Å². The molecule has 9 heteroatoms. The third-order valence-electron chi connectivity index (χ3n) is 4.03. The summed E-state index contributed by atoms with van der Waals surface area (Å²) < 4.78 is 47.9. The number of nitrogens with one attached hydrogen (secondary N) is 1. The molecule has 0 bridgehead atoms. The summed E-state index contributed by atoms with van der Waals surface area (Å²) in [5, 5.41) is 3.24. The molecule has 4 nitrogen and oxygen atoms in total. The Hall–Kier alpha value is -1.25. The summed E-state index contributed by atoms with van der Waals surface area (Å²) in [6.07, 6.45) is -3.44. The molecule has 2 rings (SSSR count). The fraction of sp³-hybridized carbons (Fsp3) is 0.611. The van der Waals surface area contributed by atoms with Crippen molar-refractivity contribution in [2.75, 3.05) is 18.5 Å². The Morgan fingerprint density at radius 2 is 1.96 bits per heavy atom. The van der Waals surface area contributed by atoms with Gasteiger partial charge in [-0.3, -0.25) is 0 Å². The van der Waals surface area contributed by atoms with E-state index in [1.54, 1.807) is 0 Å². The maximum Gasteiger partial charge on any atom is 0.418 e. The Balaban J connectivity index is 2.40. The van der Waals surface area contributed by atoms with Gasteiger partial charge in [0.2, 0.25) is 0 Å². The van der Waals surface area contributed by atoms with E-state index in [1.165, 1.54) is 10.6 Å². The predicted octanol–water partition coefficient (Wildman–Crippen LogP) is 6.09. The molecule has 2 aromatic heterocycles. The number of nitrogens with zero attached hydrogens (tertiary/aromatic N) is 2. The van der Waals surface area contributed by atoms with Crippen molar-refractivity contribution in [3.63, 3.8) is 0 Å². The van der Waals surface area contributed by atoms with E-state index in [9.17, 15) is 13.2 Å². The van der Waals surface area contributed by atoms with Crippen LogP contribution in [0.1, 0.15) is 19.4 Å². The molecule has 0 aliphatic carbocycles. The lowest BCUT2D eigenvalue weighted by atomic mass is 10.1. The number of halogens is 4. The Labute approximate surface area is 164 Å². The molecule has 0 saturated heterocycles. The lowest BCUT2D eigenvalue weighted by molar-refractivity contribution is -0.136. The Bertz CT molecular complexity index is 785.